The van der Waals surface area contributed by atoms with Gasteiger partial charge in [-0.05, 0) is 31.4 Å². The number of aryl methyl sites for hydroxylation is 2. The van der Waals surface area contributed by atoms with Crippen LogP contribution >= 0.6 is 0 Å². The zero-order valence-electron chi connectivity index (χ0n) is 17.6. The molecule has 2 aromatic rings. The van der Waals surface area contributed by atoms with Gasteiger partial charge in [-0.3, -0.25) is 19.2 Å². The molecule has 0 aliphatic carbocycles. The number of aliphatic carboxylic acids is 1. The van der Waals surface area contributed by atoms with Gasteiger partial charge in [-0.1, -0.05) is 30.3 Å². The number of hydrogen-bond donors (Lipinski definition) is 1. The van der Waals surface area contributed by atoms with Gasteiger partial charge in [-0.25, -0.2) is 0 Å². The number of aromatic nitrogens is 2. The molecule has 2 heterocycles. The summed E-state index contributed by atoms with van der Waals surface area (Å²) in [5.41, 5.74) is 4.35. The third-order valence-electron chi connectivity index (χ3n) is 6.01. The Morgan fingerprint density at radius 1 is 1.17 bits per heavy atom. The van der Waals surface area contributed by atoms with Gasteiger partial charge in [0, 0.05) is 46.0 Å². The molecule has 1 amide bonds. The summed E-state index contributed by atoms with van der Waals surface area (Å²) in [6, 6.07) is 9.95. The maximum absolute atomic E-state index is 13.1. The minimum atomic E-state index is -0.897. The Morgan fingerprint density at radius 3 is 2.41 bits per heavy atom. The van der Waals surface area contributed by atoms with Gasteiger partial charge in [0.05, 0.1) is 17.5 Å². The highest BCUT2D eigenvalue weighted by Crippen LogP contribution is 2.27. The van der Waals surface area contributed by atoms with E-state index in [1.54, 1.807) is 11.9 Å². The molecule has 0 saturated carbocycles. The van der Waals surface area contributed by atoms with E-state index in [4.69, 9.17) is 0 Å². The second-order valence-corrected chi connectivity index (χ2v) is 8.01. The summed E-state index contributed by atoms with van der Waals surface area (Å²) in [6.45, 7) is 6.08. The van der Waals surface area contributed by atoms with E-state index in [2.05, 4.69) is 10.00 Å². The van der Waals surface area contributed by atoms with Gasteiger partial charge in [-0.15, -0.1) is 0 Å². The second kappa shape index (κ2) is 8.78. The van der Waals surface area contributed by atoms with Crippen LogP contribution in [0.3, 0.4) is 0 Å². The molecule has 0 radical (unpaired) electrons. The lowest BCUT2D eigenvalue weighted by atomic mass is 9.94. The van der Waals surface area contributed by atoms with Gasteiger partial charge in [0.2, 0.25) is 5.91 Å². The van der Waals surface area contributed by atoms with E-state index < -0.39 is 17.8 Å². The molecule has 1 N–H and O–H groups in total. The number of rotatable bonds is 7. The van der Waals surface area contributed by atoms with E-state index in [-0.39, 0.29) is 5.91 Å². The Balaban J connectivity index is 1.64. The molecular weight excluding hydrogens is 368 g/mol. The molecule has 0 bridgehead atoms. The van der Waals surface area contributed by atoms with Crippen molar-refractivity contribution >= 4 is 11.9 Å². The first kappa shape index (κ1) is 21.0. The largest absolute Gasteiger partial charge is 0.481 e. The highest BCUT2D eigenvalue weighted by atomic mass is 16.4. The quantitative estimate of drug-likeness (QED) is 0.770. The van der Waals surface area contributed by atoms with Crippen LogP contribution in [0.2, 0.25) is 0 Å². The van der Waals surface area contributed by atoms with Crippen LogP contribution in [-0.2, 0) is 29.6 Å². The van der Waals surface area contributed by atoms with Crippen LogP contribution < -0.4 is 0 Å². The van der Waals surface area contributed by atoms with E-state index in [0.29, 0.717) is 32.6 Å². The van der Waals surface area contributed by atoms with Crippen molar-refractivity contribution < 1.29 is 14.7 Å². The molecular formula is C22H30N4O3. The summed E-state index contributed by atoms with van der Waals surface area (Å²) in [5, 5.41) is 14.1. The molecule has 156 valence electrons. The monoisotopic (exact) mass is 398 g/mol. The summed E-state index contributed by atoms with van der Waals surface area (Å²) >= 11 is 0. The summed E-state index contributed by atoms with van der Waals surface area (Å²) < 4.78 is 1.85. The molecule has 1 fully saturated rings. The Morgan fingerprint density at radius 2 is 1.83 bits per heavy atom. The number of carbonyl (C=O) groups excluding carboxylic acids is 1. The van der Waals surface area contributed by atoms with Crippen LogP contribution in [0.4, 0.5) is 0 Å². The van der Waals surface area contributed by atoms with Crippen LogP contribution in [0.1, 0.15) is 22.5 Å². The average Bonchev–Trinajstić information content (AvgIpc) is 3.21. The average molecular weight is 399 g/mol. The molecule has 7 nitrogen and oxygen atoms in total. The summed E-state index contributed by atoms with van der Waals surface area (Å²) in [7, 11) is 3.68. The van der Waals surface area contributed by atoms with Crippen LogP contribution in [0, 0.1) is 25.7 Å². The highest BCUT2D eigenvalue weighted by molar-refractivity contribution is 5.85. The molecule has 1 aromatic heterocycles. The molecule has 1 saturated heterocycles. The Labute approximate surface area is 171 Å². The molecule has 0 spiro atoms. The third-order valence-corrected chi connectivity index (χ3v) is 6.01. The number of amides is 1. The number of likely N-dealkylation sites (N-methyl/N-ethyl adjacent to an activating group) is 1. The van der Waals surface area contributed by atoms with E-state index in [9.17, 15) is 14.7 Å². The van der Waals surface area contributed by atoms with Gasteiger partial charge < -0.3 is 10.0 Å². The standard InChI is InChI=1S/C22H30N4O3/c1-15-18(16(2)25(4)23-15)10-11-24(3)21(27)19-13-26(14-20(19)22(28)29)12-17-8-6-5-7-9-17/h5-9,19-20H,10-14H2,1-4H3,(H,28,29). The van der Waals surface area contributed by atoms with Crippen molar-refractivity contribution in [2.45, 2.75) is 26.8 Å². The molecule has 2 atom stereocenters. The number of hydrogen-bond acceptors (Lipinski definition) is 4. The van der Waals surface area contributed by atoms with E-state index in [1.165, 1.54) is 0 Å². The topological polar surface area (TPSA) is 78.7 Å². The molecule has 3 rings (SSSR count). The van der Waals surface area contributed by atoms with E-state index in [0.717, 1.165) is 22.5 Å². The summed E-state index contributed by atoms with van der Waals surface area (Å²) in [6.07, 6.45) is 0.714. The first-order valence-corrected chi connectivity index (χ1v) is 10.0. The number of likely N-dealkylation sites (tertiary alicyclic amines) is 1. The van der Waals surface area contributed by atoms with Crippen LogP contribution in [0.15, 0.2) is 30.3 Å². The van der Waals surface area contributed by atoms with Gasteiger partial charge in [0.25, 0.3) is 0 Å². The van der Waals surface area contributed by atoms with Crippen molar-refractivity contribution in [1.29, 1.82) is 0 Å². The molecule has 1 aromatic carbocycles. The lowest BCUT2D eigenvalue weighted by Crippen LogP contribution is -2.39. The van der Waals surface area contributed by atoms with Crippen molar-refractivity contribution in [2.24, 2.45) is 18.9 Å². The molecule has 1 aliphatic rings. The van der Waals surface area contributed by atoms with Crippen molar-refractivity contribution in [2.75, 3.05) is 26.7 Å². The highest BCUT2D eigenvalue weighted by Gasteiger charge is 2.42. The second-order valence-electron chi connectivity index (χ2n) is 8.01. The van der Waals surface area contributed by atoms with Crippen LogP contribution in [0.5, 0.6) is 0 Å². The molecule has 7 heteroatoms. The normalized spacial score (nSPS) is 19.4. The third kappa shape index (κ3) is 4.67. The number of carbonyl (C=O) groups is 2. The molecule has 2 unspecified atom stereocenters. The minimum absolute atomic E-state index is 0.0906. The number of nitrogens with zero attached hydrogens (tertiary/aromatic N) is 4. The SMILES string of the molecule is Cc1nn(C)c(C)c1CCN(C)C(=O)C1CN(Cc2ccccc2)CC1C(=O)O. The lowest BCUT2D eigenvalue weighted by molar-refractivity contribution is -0.147. The van der Waals surface area contributed by atoms with Gasteiger partial charge in [0.15, 0.2) is 0 Å². The van der Waals surface area contributed by atoms with E-state index in [1.807, 2.05) is 55.9 Å². The predicted molar refractivity (Wildman–Crippen MR) is 110 cm³/mol. The van der Waals surface area contributed by atoms with Gasteiger partial charge >= 0.3 is 5.97 Å². The zero-order chi connectivity index (χ0) is 21.1. The zero-order valence-corrected chi connectivity index (χ0v) is 17.6. The number of carboxylic acid groups (broad SMARTS) is 1. The van der Waals surface area contributed by atoms with Crippen molar-refractivity contribution in [3.8, 4) is 0 Å². The smallest absolute Gasteiger partial charge is 0.308 e. The first-order chi connectivity index (χ1) is 13.8. The predicted octanol–water partition coefficient (Wildman–Crippen LogP) is 1.87. The lowest BCUT2D eigenvalue weighted by Gasteiger charge is -2.23. The van der Waals surface area contributed by atoms with E-state index >= 15 is 0 Å². The summed E-state index contributed by atoms with van der Waals surface area (Å²) in [5.74, 6) is -2.17. The molecule has 29 heavy (non-hydrogen) atoms. The number of carboxylic acids is 1. The maximum Gasteiger partial charge on any atom is 0.308 e. The van der Waals surface area contributed by atoms with Gasteiger partial charge in [0.1, 0.15) is 0 Å². The summed E-state index contributed by atoms with van der Waals surface area (Å²) in [4.78, 5) is 28.6. The van der Waals surface area contributed by atoms with Crippen LogP contribution in [0.25, 0.3) is 0 Å². The minimum Gasteiger partial charge on any atom is -0.481 e. The van der Waals surface area contributed by atoms with Crippen molar-refractivity contribution in [3.05, 3.63) is 52.8 Å². The fourth-order valence-electron chi connectivity index (χ4n) is 4.21. The Hall–Kier alpha value is -2.67. The fraction of sp³-hybridized carbons (Fsp3) is 0.500. The van der Waals surface area contributed by atoms with Crippen LogP contribution in [-0.4, -0.2) is 63.2 Å². The van der Waals surface area contributed by atoms with Crippen molar-refractivity contribution in [3.63, 3.8) is 0 Å². The Bertz CT molecular complexity index is 878. The first-order valence-electron chi connectivity index (χ1n) is 10.0. The van der Waals surface area contributed by atoms with Gasteiger partial charge in [-0.2, -0.15) is 5.10 Å². The van der Waals surface area contributed by atoms with Crippen molar-refractivity contribution in [1.82, 2.24) is 19.6 Å². The fourth-order valence-corrected chi connectivity index (χ4v) is 4.21. The number of benzene rings is 1. The maximum atomic E-state index is 13.1. The molecule has 1 aliphatic heterocycles. The Kier molecular flexibility index (Phi) is 6.37.